The van der Waals surface area contributed by atoms with Gasteiger partial charge in [-0.15, -0.1) is 0 Å². The second-order valence-corrected chi connectivity index (χ2v) is 3.99. The molecule has 0 amide bonds. The fourth-order valence-corrected chi connectivity index (χ4v) is 1.14. The maximum Gasteiger partial charge on any atom is 0.115 e. The van der Waals surface area contributed by atoms with Crippen LogP contribution in [0.25, 0.3) is 0 Å². The van der Waals surface area contributed by atoms with Crippen molar-refractivity contribution in [3.63, 3.8) is 0 Å². The Hall–Kier alpha value is -0.960. The third-order valence-electron chi connectivity index (χ3n) is 2.69. The third kappa shape index (κ3) is 2.25. The summed E-state index contributed by atoms with van der Waals surface area (Å²) < 4.78 is 0. The average Bonchev–Trinajstić information content (AvgIpc) is 2.18. The van der Waals surface area contributed by atoms with Gasteiger partial charge in [-0.05, 0) is 11.8 Å². The zero-order valence-electron chi connectivity index (χ0n) is 8.49. The lowest BCUT2D eigenvalue weighted by Gasteiger charge is -2.30. The molecule has 0 bridgehead atoms. The Morgan fingerprint density at radius 1 is 1.38 bits per heavy atom. The molecule has 0 saturated heterocycles. The van der Waals surface area contributed by atoms with E-state index in [1.54, 1.807) is 12.4 Å². The Morgan fingerprint density at radius 3 is 2.38 bits per heavy atom. The van der Waals surface area contributed by atoms with Gasteiger partial charge in [0, 0.05) is 24.0 Å². The molecule has 2 N–H and O–H groups in total. The van der Waals surface area contributed by atoms with E-state index in [0.717, 1.165) is 12.0 Å². The van der Waals surface area contributed by atoms with E-state index in [-0.39, 0.29) is 11.5 Å². The molecule has 0 saturated carbocycles. The number of hydrogen-bond acceptors (Lipinski definition) is 3. The second-order valence-electron chi connectivity index (χ2n) is 3.99. The zero-order chi connectivity index (χ0) is 9.90. The van der Waals surface area contributed by atoms with Gasteiger partial charge in [-0.2, -0.15) is 0 Å². The summed E-state index contributed by atoms with van der Waals surface area (Å²) in [6.07, 6.45) is 6.14. The number of nitrogens with two attached hydrogens (primary N) is 1. The summed E-state index contributed by atoms with van der Waals surface area (Å²) >= 11 is 0. The molecule has 0 fully saturated rings. The second kappa shape index (κ2) is 3.83. The molecule has 1 atom stereocenters. The van der Waals surface area contributed by atoms with Crippen molar-refractivity contribution in [1.82, 2.24) is 9.97 Å². The van der Waals surface area contributed by atoms with Crippen molar-refractivity contribution in [1.29, 1.82) is 0 Å². The van der Waals surface area contributed by atoms with Crippen LogP contribution < -0.4 is 5.73 Å². The van der Waals surface area contributed by atoms with Gasteiger partial charge in [0.1, 0.15) is 6.33 Å². The molecule has 0 aliphatic heterocycles. The fourth-order valence-electron chi connectivity index (χ4n) is 1.14. The summed E-state index contributed by atoms with van der Waals surface area (Å²) in [6, 6.07) is 0.0127. The van der Waals surface area contributed by atoms with Gasteiger partial charge in [-0.3, -0.25) is 0 Å². The normalized spacial score (nSPS) is 14.2. The van der Waals surface area contributed by atoms with E-state index in [1.807, 2.05) is 0 Å². The number of aromatic nitrogens is 2. The van der Waals surface area contributed by atoms with Gasteiger partial charge in [0.15, 0.2) is 0 Å². The van der Waals surface area contributed by atoms with E-state index in [4.69, 9.17) is 5.73 Å². The first-order chi connectivity index (χ1) is 6.08. The van der Waals surface area contributed by atoms with E-state index in [9.17, 15) is 0 Å². The van der Waals surface area contributed by atoms with Crippen molar-refractivity contribution < 1.29 is 0 Å². The Morgan fingerprint density at radius 2 is 1.92 bits per heavy atom. The zero-order valence-corrected chi connectivity index (χ0v) is 8.49. The molecule has 0 aromatic carbocycles. The van der Waals surface area contributed by atoms with E-state index in [2.05, 4.69) is 30.7 Å². The lowest BCUT2D eigenvalue weighted by Crippen LogP contribution is -2.28. The quantitative estimate of drug-likeness (QED) is 0.771. The largest absolute Gasteiger partial charge is 0.323 e. The van der Waals surface area contributed by atoms with Crippen LogP contribution in [0.3, 0.4) is 0 Å². The standard InChI is InChI=1S/C10H17N3/c1-4-10(2,3)9(11)8-5-12-7-13-6-8/h5-7,9H,4,11H2,1-3H3. The highest BCUT2D eigenvalue weighted by Gasteiger charge is 2.25. The molecular formula is C10H17N3. The summed E-state index contributed by atoms with van der Waals surface area (Å²) in [5, 5.41) is 0. The Kier molecular flexibility index (Phi) is 2.98. The first kappa shape index (κ1) is 10.1. The minimum Gasteiger partial charge on any atom is -0.323 e. The number of nitrogens with zero attached hydrogens (tertiary/aromatic N) is 2. The molecule has 72 valence electrons. The van der Waals surface area contributed by atoms with E-state index in [1.165, 1.54) is 6.33 Å². The van der Waals surface area contributed by atoms with Crippen LogP contribution in [0, 0.1) is 5.41 Å². The van der Waals surface area contributed by atoms with Crippen molar-refractivity contribution in [2.24, 2.45) is 11.1 Å². The lowest BCUT2D eigenvalue weighted by molar-refractivity contribution is 0.277. The van der Waals surface area contributed by atoms with Crippen LogP contribution in [0.15, 0.2) is 18.7 Å². The first-order valence-electron chi connectivity index (χ1n) is 4.58. The van der Waals surface area contributed by atoms with Crippen LogP contribution in [0.2, 0.25) is 0 Å². The summed E-state index contributed by atoms with van der Waals surface area (Å²) in [6.45, 7) is 6.46. The monoisotopic (exact) mass is 179 g/mol. The highest BCUT2D eigenvalue weighted by atomic mass is 14.8. The molecule has 3 nitrogen and oxygen atoms in total. The molecule has 1 aromatic rings. The molecule has 1 unspecified atom stereocenters. The summed E-state index contributed by atoms with van der Waals surface area (Å²) in [5.41, 5.74) is 7.21. The average molecular weight is 179 g/mol. The van der Waals surface area contributed by atoms with Gasteiger partial charge < -0.3 is 5.73 Å². The summed E-state index contributed by atoms with van der Waals surface area (Å²) in [5.74, 6) is 0. The minimum atomic E-state index is 0.0127. The Labute approximate surface area is 79.4 Å². The Balaban J connectivity index is 2.85. The highest BCUT2D eigenvalue weighted by Crippen LogP contribution is 2.33. The van der Waals surface area contributed by atoms with Gasteiger partial charge in [0.2, 0.25) is 0 Å². The fraction of sp³-hybridized carbons (Fsp3) is 0.600. The predicted octanol–water partition coefficient (Wildman–Crippen LogP) is 1.91. The lowest BCUT2D eigenvalue weighted by atomic mass is 9.80. The van der Waals surface area contributed by atoms with Crippen molar-refractivity contribution in [3.05, 3.63) is 24.3 Å². The molecule has 1 rings (SSSR count). The van der Waals surface area contributed by atoms with Crippen molar-refractivity contribution in [2.75, 3.05) is 0 Å². The molecule has 3 heteroatoms. The van der Waals surface area contributed by atoms with E-state index < -0.39 is 0 Å². The maximum atomic E-state index is 6.10. The molecule has 1 aromatic heterocycles. The Bertz CT molecular complexity index is 256. The van der Waals surface area contributed by atoms with Gasteiger partial charge >= 0.3 is 0 Å². The smallest absolute Gasteiger partial charge is 0.115 e. The number of hydrogen-bond donors (Lipinski definition) is 1. The molecule has 13 heavy (non-hydrogen) atoms. The predicted molar refractivity (Wildman–Crippen MR) is 53.0 cm³/mol. The van der Waals surface area contributed by atoms with Crippen molar-refractivity contribution >= 4 is 0 Å². The van der Waals surface area contributed by atoms with Crippen LogP contribution in [0.1, 0.15) is 38.8 Å². The number of rotatable bonds is 3. The summed E-state index contributed by atoms with van der Waals surface area (Å²) in [4.78, 5) is 7.92. The third-order valence-corrected chi connectivity index (χ3v) is 2.69. The van der Waals surface area contributed by atoms with Crippen LogP contribution >= 0.6 is 0 Å². The van der Waals surface area contributed by atoms with Crippen molar-refractivity contribution in [3.8, 4) is 0 Å². The molecule has 0 spiro atoms. The highest BCUT2D eigenvalue weighted by molar-refractivity contribution is 5.11. The molecule has 0 aliphatic carbocycles. The molecule has 1 heterocycles. The van der Waals surface area contributed by atoms with Gasteiger partial charge in [0.05, 0.1) is 0 Å². The SMILES string of the molecule is CCC(C)(C)C(N)c1cncnc1. The molecule has 0 radical (unpaired) electrons. The molecular weight excluding hydrogens is 162 g/mol. The summed E-state index contributed by atoms with van der Waals surface area (Å²) in [7, 11) is 0. The molecule has 0 aliphatic rings. The maximum absolute atomic E-state index is 6.10. The van der Waals surface area contributed by atoms with Gasteiger partial charge in [0.25, 0.3) is 0 Å². The van der Waals surface area contributed by atoms with Gasteiger partial charge in [-0.25, -0.2) is 9.97 Å². The minimum absolute atomic E-state index is 0.0127. The van der Waals surface area contributed by atoms with Crippen LogP contribution in [-0.4, -0.2) is 9.97 Å². The van der Waals surface area contributed by atoms with Crippen LogP contribution in [-0.2, 0) is 0 Å². The van der Waals surface area contributed by atoms with E-state index >= 15 is 0 Å². The van der Waals surface area contributed by atoms with E-state index in [0.29, 0.717) is 0 Å². The van der Waals surface area contributed by atoms with Crippen LogP contribution in [0.4, 0.5) is 0 Å². The van der Waals surface area contributed by atoms with Gasteiger partial charge in [-0.1, -0.05) is 20.8 Å². The topological polar surface area (TPSA) is 51.8 Å². The first-order valence-corrected chi connectivity index (χ1v) is 4.58. The van der Waals surface area contributed by atoms with Crippen LogP contribution in [0.5, 0.6) is 0 Å². The van der Waals surface area contributed by atoms with Crippen molar-refractivity contribution in [2.45, 2.75) is 33.2 Å².